The Kier molecular flexibility index (Phi) is 4.77. The third-order valence-corrected chi connectivity index (χ3v) is 3.90. The van der Waals surface area contributed by atoms with Crippen molar-refractivity contribution in [2.24, 2.45) is 11.7 Å². The predicted molar refractivity (Wildman–Crippen MR) is 78.2 cm³/mol. The number of nitrogens with zero attached hydrogens (tertiary/aromatic N) is 2. The summed E-state index contributed by atoms with van der Waals surface area (Å²) in [6.45, 7) is 5.91. The van der Waals surface area contributed by atoms with Gasteiger partial charge in [-0.05, 0) is 44.7 Å². The Morgan fingerprint density at radius 1 is 1.42 bits per heavy atom. The molecule has 4 nitrogen and oxygen atoms in total. The number of anilines is 1. The minimum absolute atomic E-state index is 0.0117. The Morgan fingerprint density at radius 2 is 2.16 bits per heavy atom. The molecule has 1 unspecified atom stereocenters. The summed E-state index contributed by atoms with van der Waals surface area (Å²) in [5, 5.41) is 0. The maximum Gasteiger partial charge on any atom is 0.0637 e. The molecule has 0 amide bonds. The molecular formula is C15H25N3O. The number of methoxy groups -OCH3 is 1. The summed E-state index contributed by atoms with van der Waals surface area (Å²) in [7, 11) is 1.75. The summed E-state index contributed by atoms with van der Waals surface area (Å²) in [6.07, 6.45) is 4.62. The fraction of sp³-hybridized carbons (Fsp3) is 0.667. The Labute approximate surface area is 116 Å². The van der Waals surface area contributed by atoms with Crippen LogP contribution in [0, 0.1) is 5.92 Å². The molecule has 1 fully saturated rings. The number of hydrogen-bond donors (Lipinski definition) is 1. The zero-order valence-corrected chi connectivity index (χ0v) is 12.2. The molecule has 1 aliphatic rings. The average molecular weight is 263 g/mol. The van der Waals surface area contributed by atoms with E-state index in [4.69, 9.17) is 10.5 Å². The van der Waals surface area contributed by atoms with E-state index in [-0.39, 0.29) is 6.04 Å². The van der Waals surface area contributed by atoms with Gasteiger partial charge in [0.1, 0.15) is 0 Å². The number of nitrogens with two attached hydrogens (primary N) is 1. The Balaban J connectivity index is 2.11. The second kappa shape index (κ2) is 6.35. The van der Waals surface area contributed by atoms with Gasteiger partial charge in [0.05, 0.1) is 24.2 Å². The van der Waals surface area contributed by atoms with Crippen LogP contribution in [0.15, 0.2) is 18.3 Å². The normalized spacial score (nSPS) is 18.1. The van der Waals surface area contributed by atoms with Crippen LogP contribution in [0.1, 0.15) is 38.4 Å². The number of pyridine rings is 1. The van der Waals surface area contributed by atoms with Crippen LogP contribution in [-0.4, -0.2) is 31.3 Å². The number of ether oxygens (including phenoxy) is 1. The van der Waals surface area contributed by atoms with Gasteiger partial charge in [0.15, 0.2) is 0 Å². The van der Waals surface area contributed by atoms with E-state index in [1.165, 1.54) is 18.5 Å². The van der Waals surface area contributed by atoms with Gasteiger partial charge >= 0.3 is 0 Å². The summed E-state index contributed by atoms with van der Waals surface area (Å²) in [6, 6.07) is 4.69. The smallest absolute Gasteiger partial charge is 0.0637 e. The van der Waals surface area contributed by atoms with Crippen molar-refractivity contribution < 1.29 is 4.74 Å². The molecule has 2 atom stereocenters. The topological polar surface area (TPSA) is 51.4 Å². The van der Waals surface area contributed by atoms with E-state index >= 15 is 0 Å². The van der Waals surface area contributed by atoms with E-state index in [0.717, 1.165) is 24.8 Å². The molecule has 2 N–H and O–H groups in total. The van der Waals surface area contributed by atoms with Crippen molar-refractivity contribution in [3.8, 4) is 0 Å². The second-order valence-electron chi connectivity index (χ2n) is 5.49. The van der Waals surface area contributed by atoms with Crippen LogP contribution < -0.4 is 10.6 Å². The first-order valence-corrected chi connectivity index (χ1v) is 7.10. The van der Waals surface area contributed by atoms with Crippen LogP contribution in [0.3, 0.4) is 0 Å². The van der Waals surface area contributed by atoms with Gasteiger partial charge < -0.3 is 15.4 Å². The monoisotopic (exact) mass is 263 g/mol. The summed E-state index contributed by atoms with van der Waals surface area (Å²) in [4.78, 5) is 6.86. The van der Waals surface area contributed by atoms with E-state index in [0.29, 0.717) is 6.04 Å². The van der Waals surface area contributed by atoms with Gasteiger partial charge in [0, 0.05) is 25.7 Å². The van der Waals surface area contributed by atoms with E-state index in [1.807, 2.05) is 19.2 Å². The highest BCUT2D eigenvalue weighted by Gasteiger charge is 2.32. The molecule has 1 aromatic rings. The Hall–Kier alpha value is -1.13. The number of aromatic nitrogens is 1. The lowest BCUT2D eigenvalue weighted by molar-refractivity contribution is 0.202. The standard InChI is InChI=1S/C15H25N3O/c1-11(16)15-7-6-14(10-17-15)18(8-9-19-3)12(2)13-4-5-13/h6-7,10-13H,4-5,8-9,16H2,1-3H3/t11-,12?/m0/s1. The Bertz CT molecular complexity index is 387. The molecule has 0 radical (unpaired) electrons. The fourth-order valence-corrected chi connectivity index (χ4v) is 2.43. The second-order valence-corrected chi connectivity index (χ2v) is 5.49. The zero-order chi connectivity index (χ0) is 13.8. The lowest BCUT2D eigenvalue weighted by Gasteiger charge is -2.31. The van der Waals surface area contributed by atoms with Crippen molar-refractivity contribution in [3.63, 3.8) is 0 Å². The summed E-state index contributed by atoms with van der Waals surface area (Å²) in [5.74, 6) is 0.824. The van der Waals surface area contributed by atoms with Gasteiger partial charge in [-0.1, -0.05) is 0 Å². The van der Waals surface area contributed by atoms with Gasteiger partial charge in [-0.25, -0.2) is 0 Å². The van der Waals surface area contributed by atoms with Gasteiger partial charge in [-0.2, -0.15) is 0 Å². The van der Waals surface area contributed by atoms with Crippen molar-refractivity contribution in [1.29, 1.82) is 0 Å². The maximum absolute atomic E-state index is 5.84. The molecule has 1 saturated carbocycles. The summed E-state index contributed by atoms with van der Waals surface area (Å²) < 4.78 is 5.22. The molecule has 1 aliphatic carbocycles. The maximum atomic E-state index is 5.84. The molecule has 0 saturated heterocycles. The molecule has 0 aliphatic heterocycles. The molecule has 2 rings (SSSR count). The lowest BCUT2D eigenvalue weighted by atomic mass is 10.1. The van der Waals surface area contributed by atoms with Crippen molar-refractivity contribution in [2.75, 3.05) is 25.2 Å². The van der Waals surface area contributed by atoms with E-state index in [1.54, 1.807) is 7.11 Å². The van der Waals surface area contributed by atoms with Crippen LogP contribution in [0.2, 0.25) is 0 Å². The molecule has 4 heteroatoms. The van der Waals surface area contributed by atoms with Crippen molar-refractivity contribution in [1.82, 2.24) is 4.98 Å². The van der Waals surface area contributed by atoms with Crippen LogP contribution in [0.4, 0.5) is 5.69 Å². The van der Waals surface area contributed by atoms with E-state index in [9.17, 15) is 0 Å². The molecule has 1 heterocycles. The SMILES string of the molecule is COCCN(c1ccc([C@H](C)N)nc1)C(C)C1CC1. The van der Waals surface area contributed by atoms with Gasteiger partial charge in [0.25, 0.3) is 0 Å². The average Bonchev–Trinajstić information content (AvgIpc) is 3.23. The van der Waals surface area contributed by atoms with Crippen molar-refractivity contribution in [2.45, 2.75) is 38.8 Å². The largest absolute Gasteiger partial charge is 0.383 e. The predicted octanol–water partition coefficient (Wildman–Crippen LogP) is 2.35. The highest BCUT2D eigenvalue weighted by atomic mass is 16.5. The van der Waals surface area contributed by atoms with Gasteiger partial charge in [-0.15, -0.1) is 0 Å². The van der Waals surface area contributed by atoms with Crippen molar-refractivity contribution in [3.05, 3.63) is 24.0 Å². The molecule has 1 aromatic heterocycles. The summed E-state index contributed by atoms with van der Waals surface area (Å²) >= 11 is 0. The quantitative estimate of drug-likeness (QED) is 0.820. The lowest BCUT2D eigenvalue weighted by Crippen LogP contribution is -2.37. The molecule has 0 bridgehead atoms. The number of rotatable bonds is 7. The molecule has 0 spiro atoms. The first kappa shape index (κ1) is 14.3. The van der Waals surface area contributed by atoms with Crippen LogP contribution in [0.5, 0.6) is 0 Å². The van der Waals surface area contributed by atoms with Gasteiger partial charge in [-0.3, -0.25) is 4.98 Å². The highest BCUT2D eigenvalue weighted by Crippen LogP contribution is 2.36. The van der Waals surface area contributed by atoms with Crippen LogP contribution in [0.25, 0.3) is 0 Å². The first-order valence-electron chi connectivity index (χ1n) is 7.10. The molecule has 0 aromatic carbocycles. The van der Waals surface area contributed by atoms with Crippen molar-refractivity contribution >= 4 is 5.69 Å². The third-order valence-electron chi connectivity index (χ3n) is 3.90. The van der Waals surface area contributed by atoms with Gasteiger partial charge in [0.2, 0.25) is 0 Å². The molecule has 106 valence electrons. The van der Waals surface area contributed by atoms with E-state index in [2.05, 4.69) is 22.9 Å². The molecule has 19 heavy (non-hydrogen) atoms. The van der Waals surface area contributed by atoms with Crippen LogP contribution >= 0.6 is 0 Å². The van der Waals surface area contributed by atoms with Crippen LogP contribution in [-0.2, 0) is 4.74 Å². The fourth-order valence-electron chi connectivity index (χ4n) is 2.43. The first-order chi connectivity index (χ1) is 9.13. The Morgan fingerprint density at radius 3 is 2.63 bits per heavy atom. The van der Waals surface area contributed by atoms with E-state index < -0.39 is 0 Å². The zero-order valence-electron chi connectivity index (χ0n) is 12.2. The number of hydrogen-bond acceptors (Lipinski definition) is 4. The highest BCUT2D eigenvalue weighted by molar-refractivity contribution is 5.46. The third kappa shape index (κ3) is 3.67. The summed E-state index contributed by atoms with van der Waals surface area (Å²) in [5.41, 5.74) is 7.95. The molecular weight excluding hydrogens is 238 g/mol. The minimum Gasteiger partial charge on any atom is -0.383 e. The minimum atomic E-state index is -0.0117.